The van der Waals surface area contributed by atoms with Crippen molar-refractivity contribution in [2.24, 2.45) is 5.73 Å². The molecule has 1 fully saturated rings. The van der Waals surface area contributed by atoms with Gasteiger partial charge in [-0.2, -0.15) is 0 Å². The summed E-state index contributed by atoms with van der Waals surface area (Å²) in [5, 5.41) is 7.58. The van der Waals surface area contributed by atoms with Crippen molar-refractivity contribution in [2.45, 2.75) is 37.6 Å². The Morgan fingerprint density at radius 3 is 2.62 bits per heavy atom. The fourth-order valence-electron chi connectivity index (χ4n) is 2.79. The van der Waals surface area contributed by atoms with Crippen molar-refractivity contribution < 1.29 is 18.9 Å². The quantitative estimate of drug-likeness (QED) is 0.491. The molecule has 0 unspecified atom stereocenters. The number of nitrogens with two attached hydrogens (primary N) is 1. The lowest BCUT2D eigenvalue weighted by atomic mass is 9.93. The van der Waals surface area contributed by atoms with Gasteiger partial charge in [-0.25, -0.2) is 4.57 Å². The molecule has 0 amide bonds. The summed E-state index contributed by atoms with van der Waals surface area (Å²) in [6.45, 7) is 1.61. The number of hydrogen-bond donors (Lipinski definition) is 4. The molecule has 0 spiro atoms. The van der Waals surface area contributed by atoms with E-state index in [-0.39, 0.29) is 12.5 Å². The molecule has 1 saturated carbocycles. The van der Waals surface area contributed by atoms with Gasteiger partial charge < -0.3 is 20.9 Å². The molecule has 21 heavy (non-hydrogen) atoms. The Hall–Kier alpha value is -1.04. The van der Waals surface area contributed by atoms with E-state index in [1.807, 2.05) is 24.3 Å². The summed E-state index contributed by atoms with van der Waals surface area (Å²) in [7, 11) is -4.47. The Morgan fingerprint density at radius 2 is 2.10 bits per heavy atom. The third kappa shape index (κ3) is 4.46. The van der Waals surface area contributed by atoms with E-state index in [2.05, 4.69) is 4.52 Å². The molecule has 1 aliphatic rings. The Labute approximate surface area is 124 Å². The molecule has 0 saturated heterocycles. The third-order valence-electron chi connectivity index (χ3n) is 3.98. The Balaban J connectivity index is 2.01. The van der Waals surface area contributed by atoms with Crippen molar-refractivity contribution in [1.29, 1.82) is 5.41 Å². The monoisotopic (exact) mass is 312 g/mol. The molecule has 2 rings (SSSR count). The molecule has 0 aromatic heterocycles. The van der Waals surface area contributed by atoms with Crippen molar-refractivity contribution in [3.63, 3.8) is 0 Å². The molecule has 1 aromatic rings. The van der Waals surface area contributed by atoms with E-state index in [4.69, 9.17) is 20.9 Å². The molecule has 116 valence electrons. The molecule has 6 nitrogen and oxygen atoms in total. The maximum Gasteiger partial charge on any atom is 0.469 e. The molecule has 0 heterocycles. The van der Waals surface area contributed by atoms with E-state index >= 15 is 0 Å². The van der Waals surface area contributed by atoms with Crippen LogP contribution in [-0.2, 0) is 9.09 Å². The maximum absolute atomic E-state index is 10.8. The van der Waals surface area contributed by atoms with Crippen molar-refractivity contribution in [3.05, 3.63) is 35.4 Å². The lowest BCUT2D eigenvalue weighted by molar-refractivity contribution is 0.153. The van der Waals surface area contributed by atoms with Gasteiger partial charge in [0.15, 0.2) is 0 Å². The summed E-state index contributed by atoms with van der Waals surface area (Å²) in [5.74, 6) is 0.260. The third-order valence-corrected chi connectivity index (χ3v) is 4.44. The van der Waals surface area contributed by atoms with E-state index in [1.165, 1.54) is 0 Å². The van der Waals surface area contributed by atoms with Gasteiger partial charge >= 0.3 is 7.82 Å². The fraction of sp³-hybridized carbons (Fsp3) is 0.500. The van der Waals surface area contributed by atoms with Crippen LogP contribution in [0.5, 0.6) is 0 Å². The zero-order chi connectivity index (χ0) is 15.7. The normalized spacial score (nSPS) is 26.0. The molecule has 5 N–H and O–H groups in total. The van der Waals surface area contributed by atoms with Crippen LogP contribution in [0.1, 0.15) is 43.2 Å². The second-order valence-corrected chi connectivity index (χ2v) is 7.05. The predicted molar refractivity (Wildman–Crippen MR) is 80.5 cm³/mol. The first kappa shape index (κ1) is 16.3. The van der Waals surface area contributed by atoms with Gasteiger partial charge in [-0.3, -0.25) is 4.52 Å². The van der Waals surface area contributed by atoms with Crippen LogP contribution in [0.15, 0.2) is 24.3 Å². The highest BCUT2D eigenvalue weighted by Crippen LogP contribution is 2.43. The molecule has 7 heteroatoms. The highest BCUT2D eigenvalue weighted by molar-refractivity contribution is 7.46. The van der Waals surface area contributed by atoms with Crippen molar-refractivity contribution in [2.75, 3.05) is 6.61 Å². The molecular formula is C14H21N2O4P. The Morgan fingerprint density at radius 1 is 1.48 bits per heavy atom. The minimum Gasteiger partial charge on any atom is -0.323 e. The molecule has 0 aliphatic heterocycles. The largest absolute Gasteiger partial charge is 0.469 e. The predicted octanol–water partition coefficient (Wildman–Crippen LogP) is 2.15. The van der Waals surface area contributed by atoms with Gasteiger partial charge in [0.1, 0.15) is 0 Å². The number of phosphoric acid groups is 1. The number of phosphoric ester groups is 1. The van der Waals surface area contributed by atoms with Gasteiger partial charge in [0.25, 0.3) is 0 Å². The van der Waals surface area contributed by atoms with Crippen LogP contribution in [0.4, 0.5) is 0 Å². The summed E-state index contributed by atoms with van der Waals surface area (Å²) >= 11 is 0. The standard InChI is InChI=1S/C14H21N2O4P/c1-10(15)11-2-4-12(5-3-11)13-6-7-14(16,8-13)9-20-21(17,18)19/h2-5,13,15H,6-9,16H2,1H3,(H2,17,18,19)/t13-,14-/m1/s1. The second kappa shape index (κ2) is 5.99. The van der Waals surface area contributed by atoms with Gasteiger partial charge in [0.05, 0.1) is 6.61 Å². The number of hydrogen-bond acceptors (Lipinski definition) is 4. The summed E-state index contributed by atoms with van der Waals surface area (Å²) < 4.78 is 15.3. The van der Waals surface area contributed by atoms with E-state index in [9.17, 15) is 4.57 Å². The lowest BCUT2D eigenvalue weighted by Crippen LogP contribution is -2.41. The maximum atomic E-state index is 10.8. The van der Waals surface area contributed by atoms with Crippen LogP contribution >= 0.6 is 7.82 Å². The SMILES string of the molecule is CC(=N)c1ccc([C@@H]2CC[C@](N)(COP(=O)(O)O)C2)cc1. The minimum absolute atomic E-state index is 0.133. The molecule has 0 radical (unpaired) electrons. The van der Waals surface area contributed by atoms with E-state index in [0.717, 1.165) is 17.5 Å². The van der Waals surface area contributed by atoms with E-state index in [1.54, 1.807) is 6.92 Å². The number of rotatable bonds is 5. The zero-order valence-electron chi connectivity index (χ0n) is 12.0. The van der Waals surface area contributed by atoms with E-state index in [0.29, 0.717) is 18.6 Å². The number of benzene rings is 1. The van der Waals surface area contributed by atoms with Gasteiger partial charge in [0.2, 0.25) is 0 Å². The van der Waals surface area contributed by atoms with Crippen LogP contribution in [0, 0.1) is 5.41 Å². The number of nitrogens with one attached hydrogen (secondary N) is 1. The highest BCUT2D eigenvalue weighted by Gasteiger charge is 2.38. The van der Waals surface area contributed by atoms with Gasteiger partial charge in [-0.1, -0.05) is 24.3 Å². The molecule has 0 bridgehead atoms. The summed E-state index contributed by atoms with van der Waals surface area (Å²) in [6, 6.07) is 7.82. The van der Waals surface area contributed by atoms with Crippen molar-refractivity contribution in [1.82, 2.24) is 0 Å². The zero-order valence-corrected chi connectivity index (χ0v) is 12.8. The van der Waals surface area contributed by atoms with Crippen LogP contribution in [-0.4, -0.2) is 27.6 Å². The van der Waals surface area contributed by atoms with Crippen molar-refractivity contribution >= 4 is 13.5 Å². The summed E-state index contributed by atoms with van der Waals surface area (Å²) in [4.78, 5) is 17.5. The van der Waals surface area contributed by atoms with Crippen LogP contribution in [0.25, 0.3) is 0 Å². The van der Waals surface area contributed by atoms with Gasteiger partial charge in [0, 0.05) is 11.3 Å². The fourth-order valence-corrected chi connectivity index (χ4v) is 3.22. The van der Waals surface area contributed by atoms with Crippen LogP contribution in [0.3, 0.4) is 0 Å². The Bertz CT molecular complexity index is 569. The highest BCUT2D eigenvalue weighted by atomic mass is 31.2. The van der Waals surface area contributed by atoms with Gasteiger partial charge in [-0.05, 0) is 43.2 Å². The topological polar surface area (TPSA) is 117 Å². The molecule has 2 atom stereocenters. The first-order valence-electron chi connectivity index (χ1n) is 6.83. The molecular weight excluding hydrogens is 291 g/mol. The average Bonchev–Trinajstić information content (AvgIpc) is 2.79. The second-order valence-electron chi connectivity index (χ2n) is 5.81. The van der Waals surface area contributed by atoms with Crippen LogP contribution in [0.2, 0.25) is 0 Å². The van der Waals surface area contributed by atoms with E-state index < -0.39 is 13.4 Å². The Kier molecular flexibility index (Phi) is 4.66. The summed E-state index contributed by atoms with van der Waals surface area (Å²) in [6.07, 6.45) is 2.17. The summed E-state index contributed by atoms with van der Waals surface area (Å²) in [5.41, 5.74) is 8.03. The van der Waals surface area contributed by atoms with Crippen LogP contribution < -0.4 is 5.73 Å². The molecule has 1 aliphatic carbocycles. The van der Waals surface area contributed by atoms with Gasteiger partial charge in [-0.15, -0.1) is 0 Å². The molecule has 1 aromatic carbocycles. The average molecular weight is 312 g/mol. The minimum atomic E-state index is -4.47. The first-order valence-corrected chi connectivity index (χ1v) is 8.36. The van der Waals surface area contributed by atoms with Crippen molar-refractivity contribution in [3.8, 4) is 0 Å². The lowest BCUT2D eigenvalue weighted by Gasteiger charge is -2.24. The first-order chi connectivity index (χ1) is 9.69. The smallest absolute Gasteiger partial charge is 0.323 e.